The van der Waals surface area contributed by atoms with Gasteiger partial charge in [0.25, 0.3) is 0 Å². The first-order valence-corrected chi connectivity index (χ1v) is 4.43. The molecule has 0 bridgehead atoms. The molecular formula is C9H15NO2. The van der Waals surface area contributed by atoms with Crippen LogP contribution in [0.1, 0.15) is 6.42 Å². The first kappa shape index (κ1) is 8.23. The number of hydrogen-bond donors (Lipinski definition) is 1. The second-order valence-corrected chi connectivity index (χ2v) is 3.51. The topological polar surface area (TPSA) is 32.7 Å². The Morgan fingerprint density at radius 2 is 2.58 bits per heavy atom. The molecular weight excluding hydrogens is 154 g/mol. The van der Waals surface area contributed by atoms with Gasteiger partial charge in [0.1, 0.15) is 0 Å². The monoisotopic (exact) mass is 169 g/mol. The summed E-state index contributed by atoms with van der Waals surface area (Å²) < 4.78 is 5.08. The Hall–Kier alpha value is -0.380. The molecule has 0 aliphatic carbocycles. The van der Waals surface area contributed by atoms with Crippen LogP contribution in [0.5, 0.6) is 0 Å². The molecule has 0 spiro atoms. The van der Waals surface area contributed by atoms with E-state index in [9.17, 15) is 5.11 Å². The molecule has 2 heterocycles. The fourth-order valence-electron chi connectivity index (χ4n) is 2.19. The third-order valence-electron chi connectivity index (χ3n) is 2.75. The Balaban J connectivity index is 2.06. The summed E-state index contributed by atoms with van der Waals surface area (Å²) in [5.74, 6) is 0. The lowest BCUT2D eigenvalue weighted by Gasteiger charge is -2.20. The molecule has 2 rings (SSSR count). The predicted molar refractivity (Wildman–Crippen MR) is 45.9 cm³/mol. The van der Waals surface area contributed by atoms with Gasteiger partial charge in [-0.3, -0.25) is 4.90 Å². The average Bonchev–Trinajstić information content (AvgIpc) is 2.58. The normalized spacial score (nSPS) is 35.3. The highest BCUT2D eigenvalue weighted by Crippen LogP contribution is 2.28. The molecule has 2 aliphatic rings. The standard InChI is InChI=1S/C9H15NO2/c1-12-6-7-2-4-10-5-3-8(11)9(7)10/h2,8-9,11H,3-6H2,1H3/t8-,9-/m1/s1. The quantitative estimate of drug-likeness (QED) is 0.591. The summed E-state index contributed by atoms with van der Waals surface area (Å²) in [6, 6.07) is 0.255. The minimum atomic E-state index is -0.172. The highest BCUT2D eigenvalue weighted by Gasteiger charge is 2.37. The van der Waals surface area contributed by atoms with Gasteiger partial charge >= 0.3 is 0 Å². The van der Waals surface area contributed by atoms with Gasteiger partial charge in [-0.2, -0.15) is 0 Å². The fraction of sp³-hybridized carbons (Fsp3) is 0.778. The molecule has 1 fully saturated rings. The van der Waals surface area contributed by atoms with Crippen LogP contribution in [0.3, 0.4) is 0 Å². The van der Waals surface area contributed by atoms with Gasteiger partial charge in [0.15, 0.2) is 0 Å². The average molecular weight is 169 g/mol. The molecule has 1 saturated heterocycles. The van der Waals surface area contributed by atoms with Crippen molar-refractivity contribution in [1.82, 2.24) is 4.90 Å². The van der Waals surface area contributed by atoms with Gasteiger partial charge in [-0.25, -0.2) is 0 Å². The van der Waals surface area contributed by atoms with E-state index in [2.05, 4.69) is 11.0 Å². The molecule has 68 valence electrons. The van der Waals surface area contributed by atoms with Crippen molar-refractivity contribution in [3.8, 4) is 0 Å². The Labute approximate surface area is 72.6 Å². The van der Waals surface area contributed by atoms with E-state index in [1.165, 1.54) is 5.57 Å². The van der Waals surface area contributed by atoms with Crippen LogP contribution in [-0.4, -0.2) is 49.0 Å². The van der Waals surface area contributed by atoms with Crippen LogP contribution in [0.4, 0.5) is 0 Å². The van der Waals surface area contributed by atoms with Crippen LogP contribution >= 0.6 is 0 Å². The summed E-state index contributed by atoms with van der Waals surface area (Å²) in [5, 5.41) is 9.66. The molecule has 3 nitrogen and oxygen atoms in total. The van der Waals surface area contributed by atoms with Gasteiger partial charge in [0.05, 0.1) is 18.8 Å². The Bertz CT molecular complexity index is 203. The van der Waals surface area contributed by atoms with Gasteiger partial charge in [-0.15, -0.1) is 0 Å². The highest BCUT2D eigenvalue weighted by atomic mass is 16.5. The number of aliphatic hydroxyl groups excluding tert-OH is 1. The maximum Gasteiger partial charge on any atom is 0.0746 e. The SMILES string of the molecule is COCC1=CCN2CC[C@@H](O)[C@@H]12. The molecule has 0 unspecified atom stereocenters. The minimum absolute atomic E-state index is 0.172. The second-order valence-electron chi connectivity index (χ2n) is 3.51. The third-order valence-corrected chi connectivity index (χ3v) is 2.75. The molecule has 12 heavy (non-hydrogen) atoms. The molecule has 0 aromatic heterocycles. The van der Waals surface area contributed by atoms with Crippen molar-refractivity contribution in [2.75, 3.05) is 26.8 Å². The van der Waals surface area contributed by atoms with E-state index in [4.69, 9.17) is 4.74 Å². The summed E-state index contributed by atoms with van der Waals surface area (Å²) in [6.07, 6.45) is 2.91. The molecule has 1 N–H and O–H groups in total. The number of nitrogens with zero attached hydrogens (tertiary/aromatic N) is 1. The van der Waals surface area contributed by atoms with E-state index >= 15 is 0 Å². The summed E-state index contributed by atoms with van der Waals surface area (Å²) in [6.45, 7) is 2.67. The molecule has 3 heteroatoms. The van der Waals surface area contributed by atoms with Crippen molar-refractivity contribution in [2.45, 2.75) is 18.6 Å². The summed E-state index contributed by atoms with van der Waals surface area (Å²) in [7, 11) is 1.70. The van der Waals surface area contributed by atoms with E-state index in [0.717, 1.165) is 19.5 Å². The summed E-state index contributed by atoms with van der Waals surface area (Å²) in [4.78, 5) is 2.30. The van der Waals surface area contributed by atoms with Crippen molar-refractivity contribution in [2.24, 2.45) is 0 Å². The van der Waals surface area contributed by atoms with Crippen LogP contribution in [0, 0.1) is 0 Å². The highest BCUT2D eigenvalue weighted by molar-refractivity contribution is 5.23. The van der Waals surface area contributed by atoms with E-state index < -0.39 is 0 Å². The number of fused-ring (bicyclic) bond motifs is 1. The minimum Gasteiger partial charge on any atom is -0.391 e. The maximum atomic E-state index is 9.66. The number of rotatable bonds is 2. The van der Waals surface area contributed by atoms with Gasteiger partial charge < -0.3 is 9.84 Å². The Kier molecular flexibility index (Phi) is 2.17. The van der Waals surface area contributed by atoms with E-state index in [-0.39, 0.29) is 12.1 Å². The third kappa shape index (κ3) is 1.18. The number of hydrogen-bond acceptors (Lipinski definition) is 3. The first-order valence-electron chi connectivity index (χ1n) is 4.43. The Morgan fingerprint density at radius 3 is 3.33 bits per heavy atom. The van der Waals surface area contributed by atoms with Crippen molar-refractivity contribution >= 4 is 0 Å². The van der Waals surface area contributed by atoms with Crippen molar-refractivity contribution in [3.63, 3.8) is 0 Å². The number of ether oxygens (including phenoxy) is 1. The smallest absolute Gasteiger partial charge is 0.0746 e. The molecule has 0 radical (unpaired) electrons. The van der Waals surface area contributed by atoms with Gasteiger partial charge in [0.2, 0.25) is 0 Å². The van der Waals surface area contributed by atoms with Crippen LogP contribution in [0.15, 0.2) is 11.6 Å². The van der Waals surface area contributed by atoms with Gasteiger partial charge in [-0.05, 0) is 12.0 Å². The van der Waals surface area contributed by atoms with Gasteiger partial charge in [-0.1, -0.05) is 6.08 Å². The summed E-state index contributed by atoms with van der Waals surface area (Å²) >= 11 is 0. The second kappa shape index (κ2) is 3.17. The number of methoxy groups -OCH3 is 1. The lowest BCUT2D eigenvalue weighted by molar-refractivity contribution is 0.133. The van der Waals surface area contributed by atoms with Crippen LogP contribution in [0.25, 0.3) is 0 Å². The Morgan fingerprint density at radius 1 is 1.75 bits per heavy atom. The predicted octanol–water partition coefficient (Wildman–Crippen LogP) is 0.00800. The van der Waals surface area contributed by atoms with Crippen molar-refractivity contribution in [1.29, 1.82) is 0 Å². The summed E-state index contributed by atoms with van der Waals surface area (Å²) in [5.41, 5.74) is 1.25. The van der Waals surface area contributed by atoms with Crippen LogP contribution in [-0.2, 0) is 4.74 Å². The fourth-order valence-corrected chi connectivity index (χ4v) is 2.19. The first-order chi connectivity index (χ1) is 5.83. The zero-order chi connectivity index (χ0) is 8.55. The van der Waals surface area contributed by atoms with E-state index in [0.29, 0.717) is 6.61 Å². The molecule has 0 aromatic rings. The van der Waals surface area contributed by atoms with E-state index in [1.807, 2.05) is 0 Å². The molecule has 2 atom stereocenters. The molecule has 2 aliphatic heterocycles. The van der Waals surface area contributed by atoms with Crippen molar-refractivity contribution < 1.29 is 9.84 Å². The lowest BCUT2D eigenvalue weighted by atomic mass is 10.1. The van der Waals surface area contributed by atoms with Crippen LogP contribution in [0.2, 0.25) is 0 Å². The molecule has 0 saturated carbocycles. The lowest BCUT2D eigenvalue weighted by Crippen LogP contribution is -2.32. The molecule has 0 aromatic carbocycles. The largest absolute Gasteiger partial charge is 0.391 e. The maximum absolute atomic E-state index is 9.66. The zero-order valence-electron chi connectivity index (χ0n) is 7.36. The zero-order valence-corrected chi connectivity index (χ0v) is 7.36. The van der Waals surface area contributed by atoms with Crippen molar-refractivity contribution in [3.05, 3.63) is 11.6 Å². The molecule has 0 amide bonds. The van der Waals surface area contributed by atoms with Gasteiger partial charge in [0, 0.05) is 20.2 Å². The van der Waals surface area contributed by atoms with Crippen LogP contribution < -0.4 is 0 Å². The van der Waals surface area contributed by atoms with E-state index in [1.54, 1.807) is 7.11 Å². The number of aliphatic hydroxyl groups is 1.